The number of aliphatic carboxylic acids is 1. The van der Waals surface area contributed by atoms with E-state index < -0.39 is 41.0 Å². The number of ether oxygens (including phenoxy) is 2. The molecule has 0 aromatic carbocycles. The highest BCUT2D eigenvalue weighted by atomic mass is 16.5. The number of carbonyl (C=O) groups is 3. The summed E-state index contributed by atoms with van der Waals surface area (Å²) in [5, 5.41) is 19.7. The van der Waals surface area contributed by atoms with Crippen molar-refractivity contribution in [3.63, 3.8) is 0 Å². The number of rotatable bonds is 10. The van der Waals surface area contributed by atoms with E-state index in [0.29, 0.717) is 52.1 Å². The van der Waals surface area contributed by atoms with Crippen molar-refractivity contribution in [1.82, 2.24) is 14.7 Å². The molecule has 0 aromatic rings. The molecule has 184 valence electrons. The molecular weight excluding hydrogens is 430 g/mol. The summed E-state index contributed by atoms with van der Waals surface area (Å²) in [6.45, 7) is 9.64. The van der Waals surface area contributed by atoms with Crippen LogP contribution in [0.3, 0.4) is 0 Å². The second-order valence-electron chi connectivity index (χ2n) is 9.45. The van der Waals surface area contributed by atoms with Gasteiger partial charge in [0.2, 0.25) is 11.8 Å². The zero-order valence-corrected chi connectivity index (χ0v) is 19.3. The van der Waals surface area contributed by atoms with Gasteiger partial charge in [0.15, 0.2) is 0 Å². The fourth-order valence-electron chi connectivity index (χ4n) is 6.43. The van der Waals surface area contributed by atoms with Crippen LogP contribution in [0, 0.1) is 11.8 Å². The Bertz CT molecular complexity index is 801. The second kappa shape index (κ2) is 9.32. The van der Waals surface area contributed by atoms with Crippen LogP contribution in [0.15, 0.2) is 12.7 Å². The molecule has 5 atom stereocenters. The highest BCUT2D eigenvalue weighted by Gasteiger charge is 2.79. The van der Waals surface area contributed by atoms with E-state index in [0.717, 1.165) is 13.1 Å². The molecule has 4 aliphatic heterocycles. The quantitative estimate of drug-likeness (QED) is 0.417. The van der Waals surface area contributed by atoms with E-state index in [4.69, 9.17) is 9.47 Å². The van der Waals surface area contributed by atoms with E-state index in [-0.39, 0.29) is 19.1 Å². The van der Waals surface area contributed by atoms with Gasteiger partial charge in [0, 0.05) is 39.3 Å². The SMILES string of the molecule is C=CCN(CCN1CCOCC1)C(=O)C1N(CCO)C(=O)[C@@H]2[C@@H](C(=O)O)[C@@]3(CC)CCC12O3. The maximum atomic E-state index is 14.0. The number of β-amino-alcohol motifs (C(OH)–C–C–N with tert-alkyl or cyclic N) is 1. The van der Waals surface area contributed by atoms with Gasteiger partial charge in [-0.05, 0) is 19.3 Å². The van der Waals surface area contributed by atoms with Crippen molar-refractivity contribution in [1.29, 1.82) is 0 Å². The largest absolute Gasteiger partial charge is 0.481 e. The average Bonchev–Trinajstić information content (AvgIpc) is 3.41. The highest BCUT2D eigenvalue weighted by Crippen LogP contribution is 2.64. The van der Waals surface area contributed by atoms with Gasteiger partial charge in [-0.15, -0.1) is 6.58 Å². The number of hydrogen-bond donors (Lipinski definition) is 2. The molecule has 0 radical (unpaired) electrons. The number of amides is 2. The molecule has 4 aliphatic rings. The Kier molecular flexibility index (Phi) is 6.82. The van der Waals surface area contributed by atoms with Crippen molar-refractivity contribution < 1.29 is 34.1 Å². The van der Waals surface area contributed by atoms with Gasteiger partial charge in [-0.3, -0.25) is 19.3 Å². The van der Waals surface area contributed by atoms with Crippen molar-refractivity contribution in [3.8, 4) is 0 Å². The van der Waals surface area contributed by atoms with Crippen LogP contribution in [0.1, 0.15) is 26.2 Å². The Balaban J connectivity index is 1.64. The number of hydrogen-bond acceptors (Lipinski definition) is 7. The molecular formula is C23H35N3O7. The van der Waals surface area contributed by atoms with Crippen LogP contribution in [0.5, 0.6) is 0 Å². The van der Waals surface area contributed by atoms with Crippen LogP contribution in [-0.2, 0) is 23.9 Å². The Hall–Kier alpha value is -2.01. The third-order valence-corrected chi connectivity index (χ3v) is 7.97. The molecule has 4 heterocycles. The third-order valence-electron chi connectivity index (χ3n) is 7.97. The van der Waals surface area contributed by atoms with Crippen molar-refractivity contribution in [2.24, 2.45) is 11.8 Å². The van der Waals surface area contributed by atoms with Crippen molar-refractivity contribution >= 4 is 17.8 Å². The Morgan fingerprint density at radius 3 is 2.61 bits per heavy atom. The maximum Gasteiger partial charge on any atom is 0.310 e. The van der Waals surface area contributed by atoms with Crippen LogP contribution < -0.4 is 0 Å². The lowest BCUT2D eigenvalue weighted by Gasteiger charge is -2.37. The number of nitrogens with zero attached hydrogens (tertiary/aromatic N) is 3. The standard InChI is InChI=1S/C23H35N3O7/c1-3-7-25(9-8-24-11-14-32-15-12-24)20(29)18-23-6-5-22(4-2,33-23)17(21(30)31)16(23)19(28)26(18)10-13-27/h3,16-18,27H,1,4-15H2,2H3,(H,30,31)/t16-,17-,18?,22+,23?/m0/s1. The Morgan fingerprint density at radius 2 is 2.00 bits per heavy atom. The number of aliphatic hydroxyl groups excluding tert-OH is 1. The molecule has 2 unspecified atom stereocenters. The Morgan fingerprint density at radius 1 is 1.27 bits per heavy atom. The Labute approximate surface area is 194 Å². The number of aliphatic hydroxyl groups is 1. The zero-order valence-electron chi connectivity index (χ0n) is 19.3. The summed E-state index contributed by atoms with van der Waals surface area (Å²) in [6.07, 6.45) is 3.06. The van der Waals surface area contributed by atoms with Gasteiger partial charge >= 0.3 is 5.97 Å². The molecule has 10 heteroatoms. The molecule has 10 nitrogen and oxygen atoms in total. The first-order chi connectivity index (χ1) is 15.8. The van der Waals surface area contributed by atoms with Crippen molar-refractivity contribution in [2.75, 3.05) is 59.1 Å². The van der Waals surface area contributed by atoms with E-state index >= 15 is 0 Å². The molecule has 4 rings (SSSR count). The molecule has 4 fully saturated rings. The van der Waals surface area contributed by atoms with Gasteiger partial charge < -0.3 is 29.5 Å². The minimum absolute atomic E-state index is 0.0340. The van der Waals surface area contributed by atoms with E-state index in [1.807, 2.05) is 6.92 Å². The summed E-state index contributed by atoms with van der Waals surface area (Å²) in [7, 11) is 0. The fraction of sp³-hybridized carbons (Fsp3) is 0.783. The van der Waals surface area contributed by atoms with Crippen molar-refractivity contribution in [2.45, 2.75) is 43.4 Å². The van der Waals surface area contributed by atoms with E-state index in [1.165, 1.54) is 4.90 Å². The molecule has 0 aliphatic carbocycles. The predicted molar refractivity (Wildman–Crippen MR) is 117 cm³/mol. The van der Waals surface area contributed by atoms with Gasteiger partial charge in [0.05, 0.1) is 31.3 Å². The lowest BCUT2D eigenvalue weighted by atomic mass is 9.65. The van der Waals surface area contributed by atoms with Gasteiger partial charge in [-0.2, -0.15) is 0 Å². The predicted octanol–water partition coefficient (Wildman–Crippen LogP) is -0.435. The van der Waals surface area contributed by atoms with Crippen LogP contribution in [0.25, 0.3) is 0 Å². The fourth-order valence-corrected chi connectivity index (χ4v) is 6.43. The first kappa shape index (κ1) is 24.1. The molecule has 2 N–H and O–H groups in total. The summed E-state index contributed by atoms with van der Waals surface area (Å²) in [5.41, 5.74) is -2.12. The summed E-state index contributed by atoms with van der Waals surface area (Å²) >= 11 is 0. The summed E-state index contributed by atoms with van der Waals surface area (Å²) in [6, 6.07) is -0.954. The smallest absolute Gasteiger partial charge is 0.310 e. The lowest BCUT2D eigenvalue weighted by molar-refractivity contribution is -0.158. The summed E-state index contributed by atoms with van der Waals surface area (Å²) < 4.78 is 11.9. The highest BCUT2D eigenvalue weighted by molar-refractivity contribution is 5.98. The zero-order chi connectivity index (χ0) is 23.8. The van der Waals surface area contributed by atoms with E-state index in [1.54, 1.807) is 11.0 Å². The molecule has 33 heavy (non-hydrogen) atoms. The first-order valence-corrected chi connectivity index (χ1v) is 11.9. The minimum atomic E-state index is -1.18. The molecule has 0 aromatic heterocycles. The molecule has 2 bridgehead atoms. The topological polar surface area (TPSA) is 120 Å². The van der Waals surface area contributed by atoms with Gasteiger partial charge in [0.1, 0.15) is 17.6 Å². The number of likely N-dealkylation sites (tertiary alicyclic amines) is 1. The molecule has 0 saturated carbocycles. The minimum Gasteiger partial charge on any atom is -0.481 e. The molecule has 1 spiro atoms. The molecule has 2 amide bonds. The monoisotopic (exact) mass is 465 g/mol. The lowest BCUT2D eigenvalue weighted by Crippen LogP contribution is -2.57. The van der Waals surface area contributed by atoms with Crippen LogP contribution in [-0.4, -0.2) is 119 Å². The summed E-state index contributed by atoms with van der Waals surface area (Å²) in [4.78, 5) is 45.0. The number of carboxylic acids is 1. The number of carbonyl (C=O) groups excluding carboxylic acids is 2. The van der Waals surface area contributed by atoms with E-state index in [9.17, 15) is 24.6 Å². The van der Waals surface area contributed by atoms with Gasteiger partial charge in [-0.25, -0.2) is 0 Å². The molecule has 4 saturated heterocycles. The number of fused-ring (bicyclic) bond motifs is 1. The second-order valence-corrected chi connectivity index (χ2v) is 9.45. The van der Waals surface area contributed by atoms with Crippen molar-refractivity contribution in [3.05, 3.63) is 12.7 Å². The van der Waals surface area contributed by atoms with Gasteiger partial charge in [-0.1, -0.05) is 13.0 Å². The maximum absolute atomic E-state index is 14.0. The van der Waals surface area contributed by atoms with E-state index in [2.05, 4.69) is 11.5 Å². The number of morpholine rings is 1. The van der Waals surface area contributed by atoms with Crippen LogP contribution in [0.4, 0.5) is 0 Å². The van der Waals surface area contributed by atoms with Crippen LogP contribution >= 0.6 is 0 Å². The first-order valence-electron chi connectivity index (χ1n) is 11.9. The van der Waals surface area contributed by atoms with Gasteiger partial charge in [0.25, 0.3) is 0 Å². The number of carboxylic acid groups (broad SMARTS) is 1. The van der Waals surface area contributed by atoms with Crippen LogP contribution in [0.2, 0.25) is 0 Å². The average molecular weight is 466 g/mol. The normalized spacial score (nSPS) is 35.6. The third kappa shape index (κ3) is 3.77. The summed E-state index contributed by atoms with van der Waals surface area (Å²) in [5.74, 6) is -3.66.